The van der Waals surface area contributed by atoms with Gasteiger partial charge in [-0.05, 0) is 25.2 Å². The Labute approximate surface area is 122 Å². The lowest BCUT2D eigenvalue weighted by Gasteiger charge is -2.30. The minimum absolute atomic E-state index is 0.130. The lowest BCUT2D eigenvalue weighted by atomic mass is 9.80. The van der Waals surface area contributed by atoms with Gasteiger partial charge in [0.05, 0.1) is 6.04 Å². The predicted octanol–water partition coefficient (Wildman–Crippen LogP) is 1.34. The van der Waals surface area contributed by atoms with Gasteiger partial charge in [-0.2, -0.15) is 0 Å². The molecule has 0 aromatic heterocycles. The van der Waals surface area contributed by atoms with E-state index in [1.807, 2.05) is 13.8 Å². The molecule has 0 aromatic rings. The van der Waals surface area contributed by atoms with E-state index >= 15 is 0 Å². The van der Waals surface area contributed by atoms with Crippen molar-refractivity contribution in [2.45, 2.75) is 53.0 Å². The molecule has 0 radical (unpaired) electrons. The Morgan fingerprint density at radius 1 is 1.25 bits per heavy atom. The van der Waals surface area contributed by atoms with Crippen molar-refractivity contribution in [1.82, 2.24) is 10.6 Å². The summed E-state index contributed by atoms with van der Waals surface area (Å²) in [7, 11) is 0. The number of rotatable bonds is 9. The number of nitrogens with two attached hydrogens (primary N) is 1. The van der Waals surface area contributed by atoms with Crippen LogP contribution < -0.4 is 16.4 Å². The fourth-order valence-corrected chi connectivity index (χ4v) is 1.92. The van der Waals surface area contributed by atoms with Gasteiger partial charge in [-0.15, -0.1) is 0 Å². The number of carbonyl (C=O) groups is 2. The van der Waals surface area contributed by atoms with Crippen LogP contribution in [0.5, 0.6) is 0 Å². The van der Waals surface area contributed by atoms with Crippen LogP contribution in [0.3, 0.4) is 0 Å². The lowest BCUT2D eigenvalue weighted by molar-refractivity contribution is -0.124. The Balaban J connectivity index is 3.94. The Morgan fingerprint density at radius 3 is 2.30 bits per heavy atom. The minimum atomic E-state index is -0.507. The van der Waals surface area contributed by atoms with Gasteiger partial charge in [0.1, 0.15) is 0 Å². The SMILES string of the molecule is C=C(C)C(=O)NCCCNC(=O)C(N)C(C)(C)CCC. The molecule has 0 rings (SSSR count). The number of amides is 2. The van der Waals surface area contributed by atoms with Crippen molar-refractivity contribution in [3.05, 3.63) is 12.2 Å². The average molecular weight is 283 g/mol. The van der Waals surface area contributed by atoms with Gasteiger partial charge in [-0.25, -0.2) is 0 Å². The fourth-order valence-electron chi connectivity index (χ4n) is 1.92. The molecule has 0 bridgehead atoms. The van der Waals surface area contributed by atoms with Crippen molar-refractivity contribution in [3.63, 3.8) is 0 Å². The third-order valence-corrected chi connectivity index (χ3v) is 3.34. The summed E-state index contributed by atoms with van der Waals surface area (Å²) in [5, 5.41) is 5.53. The molecule has 5 heteroatoms. The molecule has 0 saturated heterocycles. The fraction of sp³-hybridized carbons (Fsp3) is 0.733. The van der Waals surface area contributed by atoms with Crippen molar-refractivity contribution in [2.75, 3.05) is 13.1 Å². The van der Waals surface area contributed by atoms with Gasteiger partial charge in [0.2, 0.25) is 11.8 Å². The maximum atomic E-state index is 11.9. The molecule has 116 valence electrons. The molecule has 1 unspecified atom stereocenters. The van der Waals surface area contributed by atoms with E-state index in [0.717, 1.165) is 12.8 Å². The van der Waals surface area contributed by atoms with Gasteiger partial charge in [-0.1, -0.05) is 33.8 Å². The van der Waals surface area contributed by atoms with E-state index in [1.165, 1.54) is 0 Å². The standard InChI is InChI=1S/C15H29N3O2/c1-6-8-15(4,5)12(16)14(20)18-10-7-9-17-13(19)11(2)3/h12H,2,6-10,16H2,1,3-5H3,(H,17,19)(H,18,20). The molecule has 1 atom stereocenters. The third-order valence-electron chi connectivity index (χ3n) is 3.34. The van der Waals surface area contributed by atoms with Crippen LogP contribution in [0.25, 0.3) is 0 Å². The van der Waals surface area contributed by atoms with E-state index in [9.17, 15) is 9.59 Å². The molecule has 4 N–H and O–H groups in total. The van der Waals surface area contributed by atoms with Crippen LogP contribution >= 0.6 is 0 Å². The van der Waals surface area contributed by atoms with Crippen LogP contribution in [0.1, 0.15) is 47.0 Å². The first-order chi connectivity index (χ1) is 9.22. The normalized spacial score (nSPS) is 12.7. The third kappa shape index (κ3) is 6.70. The highest BCUT2D eigenvalue weighted by molar-refractivity contribution is 5.92. The highest BCUT2D eigenvalue weighted by Gasteiger charge is 2.30. The number of nitrogens with one attached hydrogen (secondary N) is 2. The topological polar surface area (TPSA) is 84.2 Å². The molecular weight excluding hydrogens is 254 g/mol. The van der Waals surface area contributed by atoms with Gasteiger partial charge < -0.3 is 16.4 Å². The lowest BCUT2D eigenvalue weighted by Crippen LogP contribution is -2.50. The van der Waals surface area contributed by atoms with Gasteiger partial charge in [0.15, 0.2) is 0 Å². The van der Waals surface area contributed by atoms with Crippen molar-refractivity contribution in [2.24, 2.45) is 11.1 Å². The molecule has 5 nitrogen and oxygen atoms in total. The summed E-state index contributed by atoms with van der Waals surface area (Å²) in [6.45, 7) is 12.3. The molecule has 2 amide bonds. The maximum absolute atomic E-state index is 11.9. The van der Waals surface area contributed by atoms with E-state index in [-0.39, 0.29) is 17.2 Å². The smallest absolute Gasteiger partial charge is 0.246 e. The van der Waals surface area contributed by atoms with Gasteiger partial charge in [-0.3, -0.25) is 9.59 Å². The number of hydrogen-bond donors (Lipinski definition) is 3. The van der Waals surface area contributed by atoms with E-state index in [2.05, 4.69) is 24.1 Å². The first-order valence-corrected chi connectivity index (χ1v) is 7.19. The highest BCUT2D eigenvalue weighted by Crippen LogP contribution is 2.25. The molecule has 0 aliphatic rings. The van der Waals surface area contributed by atoms with Crippen LogP contribution in [-0.4, -0.2) is 30.9 Å². The Morgan fingerprint density at radius 2 is 1.80 bits per heavy atom. The van der Waals surface area contributed by atoms with Gasteiger partial charge >= 0.3 is 0 Å². The summed E-state index contributed by atoms with van der Waals surface area (Å²) in [6.07, 6.45) is 2.59. The zero-order valence-corrected chi connectivity index (χ0v) is 13.2. The average Bonchev–Trinajstić information content (AvgIpc) is 2.36. The summed E-state index contributed by atoms with van der Waals surface area (Å²) in [5.41, 5.74) is 6.27. The molecule has 0 aliphatic carbocycles. The molecular formula is C15H29N3O2. The molecule has 0 aromatic carbocycles. The van der Waals surface area contributed by atoms with E-state index in [1.54, 1.807) is 6.92 Å². The largest absolute Gasteiger partial charge is 0.355 e. The summed E-state index contributed by atoms with van der Waals surface area (Å²) in [4.78, 5) is 23.2. The number of carbonyl (C=O) groups excluding carboxylic acids is 2. The minimum Gasteiger partial charge on any atom is -0.355 e. The Bertz CT molecular complexity index is 351. The van der Waals surface area contributed by atoms with Crippen molar-refractivity contribution in [3.8, 4) is 0 Å². The highest BCUT2D eigenvalue weighted by atomic mass is 16.2. The van der Waals surface area contributed by atoms with Crippen molar-refractivity contribution in [1.29, 1.82) is 0 Å². The second-order valence-electron chi connectivity index (χ2n) is 5.90. The maximum Gasteiger partial charge on any atom is 0.246 e. The van der Waals surface area contributed by atoms with Crippen LogP contribution in [0, 0.1) is 5.41 Å². The second-order valence-corrected chi connectivity index (χ2v) is 5.90. The summed E-state index contributed by atoms with van der Waals surface area (Å²) in [5.74, 6) is -0.285. The van der Waals surface area contributed by atoms with Gasteiger partial charge in [0.25, 0.3) is 0 Å². The molecule has 0 spiro atoms. The van der Waals surface area contributed by atoms with E-state index in [0.29, 0.717) is 25.1 Å². The summed E-state index contributed by atoms with van der Waals surface area (Å²) in [6, 6.07) is -0.507. The summed E-state index contributed by atoms with van der Waals surface area (Å²) < 4.78 is 0. The van der Waals surface area contributed by atoms with Crippen LogP contribution in [0.2, 0.25) is 0 Å². The van der Waals surface area contributed by atoms with Crippen LogP contribution in [0.4, 0.5) is 0 Å². The quantitative estimate of drug-likeness (QED) is 0.441. The monoisotopic (exact) mass is 283 g/mol. The molecule has 0 aliphatic heterocycles. The zero-order valence-electron chi connectivity index (χ0n) is 13.2. The van der Waals surface area contributed by atoms with Crippen LogP contribution in [-0.2, 0) is 9.59 Å². The second kappa shape index (κ2) is 8.74. The zero-order chi connectivity index (χ0) is 15.8. The molecule has 0 fully saturated rings. The van der Waals surface area contributed by atoms with Crippen molar-refractivity contribution < 1.29 is 9.59 Å². The first-order valence-electron chi connectivity index (χ1n) is 7.19. The van der Waals surface area contributed by atoms with Gasteiger partial charge in [0, 0.05) is 18.7 Å². The van der Waals surface area contributed by atoms with E-state index in [4.69, 9.17) is 5.73 Å². The molecule has 0 heterocycles. The first kappa shape index (κ1) is 18.6. The Hall–Kier alpha value is -1.36. The predicted molar refractivity (Wildman–Crippen MR) is 82.1 cm³/mol. The Kier molecular flexibility index (Phi) is 8.15. The molecule has 0 saturated carbocycles. The molecule has 20 heavy (non-hydrogen) atoms. The number of hydrogen-bond acceptors (Lipinski definition) is 3. The summed E-state index contributed by atoms with van der Waals surface area (Å²) >= 11 is 0. The van der Waals surface area contributed by atoms with Crippen molar-refractivity contribution >= 4 is 11.8 Å². The van der Waals surface area contributed by atoms with Crippen LogP contribution in [0.15, 0.2) is 12.2 Å². The van der Waals surface area contributed by atoms with E-state index < -0.39 is 6.04 Å².